The molecule has 1 N–H and O–H groups in total. The molecule has 1 fully saturated rings. The molecule has 0 aromatic heterocycles. The van der Waals surface area contributed by atoms with Crippen LogP contribution in [0.3, 0.4) is 0 Å². The van der Waals surface area contributed by atoms with Crippen molar-refractivity contribution in [3.05, 3.63) is 35.9 Å². The van der Waals surface area contributed by atoms with Crippen LogP contribution in [0.4, 0.5) is 0 Å². The number of likely N-dealkylation sites (N-methyl/N-ethyl adjacent to an activating group) is 1. The van der Waals surface area contributed by atoms with E-state index in [2.05, 4.69) is 5.32 Å². The number of benzene rings is 1. The van der Waals surface area contributed by atoms with Crippen LogP contribution in [-0.4, -0.2) is 44.1 Å². The molecule has 114 valence electrons. The Balaban J connectivity index is 2.04. The first-order chi connectivity index (χ1) is 10.1. The average molecular weight is 288 g/mol. The Morgan fingerprint density at radius 3 is 2.71 bits per heavy atom. The fourth-order valence-corrected chi connectivity index (χ4v) is 2.63. The number of methoxy groups -OCH3 is 1. The van der Waals surface area contributed by atoms with E-state index in [9.17, 15) is 4.79 Å². The SMILES string of the molecule is CNC1CCCN(C(=O)C=C(C)c2ccc(OC)cc2)C1. The fourth-order valence-electron chi connectivity index (χ4n) is 2.63. The minimum atomic E-state index is 0.100. The lowest BCUT2D eigenvalue weighted by molar-refractivity contribution is -0.127. The van der Waals surface area contributed by atoms with Gasteiger partial charge >= 0.3 is 0 Å². The van der Waals surface area contributed by atoms with Crippen LogP contribution in [0.5, 0.6) is 5.75 Å². The van der Waals surface area contributed by atoms with Gasteiger partial charge in [-0.1, -0.05) is 12.1 Å². The van der Waals surface area contributed by atoms with Gasteiger partial charge in [0.1, 0.15) is 5.75 Å². The highest BCUT2D eigenvalue weighted by Crippen LogP contribution is 2.19. The fraction of sp³-hybridized carbons (Fsp3) is 0.471. The van der Waals surface area contributed by atoms with Crippen LogP contribution in [0.1, 0.15) is 25.3 Å². The van der Waals surface area contributed by atoms with Crippen LogP contribution in [0, 0.1) is 0 Å². The molecular formula is C17H24N2O2. The number of nitrogens with one attached hydrogen (secondary N) is 1. The van der Waals surface area contributed by atoms with Gasteiger partial charge in [0.25, 0.3) is 0 Å². The first kappa shape index (κ1) is 15.6. The molecule has 1 atom stereocenters. The van der Waals surface area contributed by atoms with Gasteiger partial charge in [0.15, 0.2) is 0 Å². The number of nitrogens with zero attached hydrogens (tertiary/aromatic N) is 1. The zero-order chi connectivity index (χ0) is 15.2. The van der Waals surface area contributed by atoms with Crippen LogP contribution >= 0.6 is 0 Å². The number of hydrogen-bond donors (Lipinski definition) is 1. The second-order valence-corrected chi connectivity index (χ2v) is 5.47. The Morgan fingerprint density at radius 1 is 1.38 bits per heavy atom. The molecule has 1 amide bonds. The van der Waals surface area contributed by atoms with Gasteiger partial charge in [0, 0.05) is 25.2 Å². The molecule has 1 aromatic rings. The molecule has 2 rings (SSSR count). The molecule has 1 heterocycles. The zero-order valence-electron chi connectivity index (χ0n) is 13.1. The predicted molar refractivity (Wildman–Crippen MR) is 85.3 cm³/mol. The van der Waals surface area contributed by atoms with E-state index >= 15 is 0 Å². The first-order valence-corrected chi connectivity index (χ1v) is 7.43. The summed E-state index contributed by atoms with van der Waals surface area (Å²) in [6, 6.07) is 8.19. The predicted octanol–water partition coefficient (Wildman–Crippen LogP) is 2.31. The Labute approximate surface area is 126 Å². The van der Waals surface area contributed by atoms with Crippen molar-refractivity contribution in [3.63, 3.8) is 0 Å². The molecule has 0 bridgehead atoms. The normalized spacial score (nSPS) is 19.5. The monoisotopic (exact) mass is 288 g/mol. The maximum Gasteiger partial charge on any atom is 0.246 e. The lowest BCUT2D eigenvalue weighted by Gasteiger charge is -2.32. The highest BCUT2D eigenvalue weighted by molar-refractivity contribution is 5.95. The third-order valence-electron chi connectivity index (χ3n) is 4.03. The molecule has 0 saturated carbocycles. The van der Waals surface area contributed by atoms with Crippen molar-refractivity contribution in [3.8, 4) is 5.75 Å². The Bertz CT molecular complexity index is 508. The maximum atomic E-state index is 12.4. The number of piperidine rings is 1. The summed E-state index contributed by atoms with van der Waals surface area (Å²) in [4.78, 5) is 14.3. The van der Waals surface area contributed by atoms with E-state index in [0.717, 1.165) is 42.8 Å². The van der Waals surface area contributed by atoms with Crippen molar-refractivity contribution >= 4 is 11.5 Å². The lowest BCUT2D eigenvalue weighted by atomic mass is 10.0. The molecule has 1 aliphatic rings. The quantitative estimate of drug-likeness (QED) is 0.865. The molecule has 4 heteroatoms. The summed E-state index contributed by atoms with van der Waals surface area (Å²) in [5, 5.41) is 3.26. The highest BCUT2D eigenvalue weighted by Gasteiger charge is 2.21. The van der Waals surface area contributed by atoms with E-state index in [-0.39, 0.29) is 5.91 Å². The summed E-state index contributed by atoms with van der Waals surface area (Å²) < 4.78 is 5.15. The Kier molecular flexibility index (Phi) is 5.39. The number of amides is 1. The molecule has 1 aliphatic heterocycles. The number of rotatable bonds is 4. The van der Waals surface area contributed by atoms with Gasteiger partial charge in [-0.15, -0.1) is 0 Å². The number of carbonyl (C=O) groups excluding carboxylic acids is 1. The minimum absolute atomic E-state index is 0.100. The Morgan fingerprint density at radius 2 is 2.10 bits per heavy atom. The van der Waals surface area contributed by atoms with Crippen molar-refractivity contribution in [1.29, 1.82) is 0 Å². The van der Waals surface area contributed by atoms with E-state index < -0.39 is 0 Å². The summed E-state index contributed by atoms with van der Waals surface area (Å²) in [6.07, 6.45) is 3.94. The number of carbonyl (C=O) groups is 1. The van der Waals surface area contributed by atoms with Gasteiger partial charge in [0.05, 0.1) is 7.11 Å². The Hall–Kier alpha value is -1.81. The molecule has 1 aromatic carbocycles. The van der Waals surface area contributed by atoms with Crippen LogP contribution in [0.2, 0.25) is 0 Å². The van der Waals surface area contributed by atoms with Gasteiger partial charge in [-0.3, -0.25) is 4.79 Å². The minimum Gasteiger partial charge on any atom is -0.497 e. The molecule has 0 radical (unpaired) electrons. The second kappa shape index (κ2) is 7.27. The molecule has 21 heavy (non-hydrogen) atoms. The van der Waals surface area contributed by atoms with Gasteiger partial charge < -0.3 is 15.0 Å². The summed E-state index contributed by atoms with van der Waals surface area (Å²) >= 11 is 0. The topological polar surface area (TPSA) is 41.6 Å². The van der Waals surface area contributed by atoms with E-state index in [1.165, 1.54) is 0 Å². The third-order valence-corrected chi connectivity index (χ3v) is 4.03. The maximum absolute atomic E-state index is 12.4. The van der Waals surface area contributed by atoms with E-state index in [4.69, 9.17) is 4.74 Å². The largest absolute Gasteiger partial charge is 0.497 e. The van der Waals surface area contributed by atoms with Crippen molar-refractivity contribution in [2.24, 2.45) is 0 Å². The third kappa shape index (κ3) is 4.08. The number of allylic oxidation sites excluding steroid dienone is 1. The van der Waals surface area contributed by atoms with Gasteiger partial charge in [0.2, 0.25) is 5.91 Å². The van der Waals surface area contributed by atoms with Gasteiger partial charge in [-0.05, 0) is 50.1 Å². The lowest BCUT2D eigenvalue weighted by Crippen LogP contribution is -2.46. The molecule has 1 unspecified atom stereocenters. The van der Waals surface area contributed by atoms with Crippen molar-refractivity contribution in [1.82, 2.24) is 10.2 Å². The van der Waals surface area contributed by atoms with Crippen molar-refractivity contribution < 1.29 is 9.53 Å². The molecular weight excluding hydrogens is 264 g/mol. The summed E-state index contributed by atoms with van der Waals surface area (Å²) in [5.74, 6) is 0.925. The van der Waals surface area contributed by atoms with Crippen LogP contribution in [-0.2, 0) is 4.79 Å². The zero-order valence-corrected chi connectivity index (χ0v) is 13.1. The average Bonchev–Trinajstić information content (AvgIpc) is 2.54. The van der Waals surface area contributed by atoms with Crippen LogP contribution < -0.4 is 10.1 Å². The number of likely N-dealkylation sites (tertiary alicyclic amines) is 1. The summed E-state index contributed by atoms with van der Waals surface area (Å²) in [7, 11) is 3.60. The molecule has 1 saturated heterocycles. The van der Waals surface area contributed by atoms with Crippen molar-refractivity contribution in [2.75, 3.05) is 27.2 Å². The van der Waals surface area contributed by atoms with E-state index in [1.54, 1.807) is 13.2 Å². The van der Waals surface area contributed by atoms with Gasteiger partial charge in [-0.25, -0.2) is 0 Å². The summed E-state index contributed by atoms with van der Waals surface area (Å²) in [5.41, 5.74) is 2.03. The number of hydrogen-bond acceptors (Lipinski definition) is 3. The van der Waals surface area contributed by atoms with E-state index in [1.807, 2.05) is 43.1 Å². The molecule has 0 spiro atoms. The highest BCUT2D eigenvalue weighted by atomic mass is 16.5. The second-order valence-electron chi connectivity index (χ2n) is 5.47. The standard InChI is InChI=1S/C17H24N2O2/c1-13(14-6-8-16(21-3)9-7-14)11-17(20)19-10-4-5-15(12-19)18-2/h6-9,11,15,18H,4-5,10,12H2,1-3H3. The summed E-state index contributed by atoms with van der Waals surface area (Å²) in [6.45, 7) is 3.62. The smallest absolute Gasteiger partial charge is 0.246 e. The number of ether oxygens (including phenoxy) is 1. The molecule has 0 aliphatic carbocycles. The van der Waals surface area contributed by atoms with Gasteiger partial charge in [-0.2, -0.15) is 0 Å². The first-order valence-electron chi connectivity index (χ1n) is 7.43. The van der Waals surface area contributed by atoms with Crippen LogP contribution in [0.25, 0.3) is 5.57 Å². The van der Waals surface area contributed by atoms with E-state index in [0.29, 0.717) is 6.04 Å². The molecule has 4 nitrogen and oxygen atoms in total. The van der Waals surface area contributed by atoms with Crippen LogP contribution in [0.15, 0.2) is 30.3 Å². The van der Waals surface area contributed by atoms with Crippen molar-refractivity contribution in [2.45, 2.75) is 25.8 Å².